The fourth-order valence-corrected chi connectivity index (χ4v) is 17.0. The fraction of sp³-hybridized carbons (Fsp3) is 0.231. The van der Waals surface area contributed by atoms with E-state index in [4.69, 9.17) is 0 Å². The minimum atomic E-state index is -2.25. The van der Waals surface area contributed by atoms with Crippen molar-refractivity contribution in [2.75, 3.05) is 0 Å². The molecule has 59 heavy (non-hydrogen) atoms. The number of benzene rings is 4. The van der Waals surface area contributed by atoms with Crippen LogP contribution in [0.3, 0.4) is 0 Å². The molecule has 0 unspecified atom stereocenters. The quantitative estimate of drug-likeness (QED) is 0.0475. The van der Waals surface area contributed by atoms with Gasteiger partial charge in [0.2, 0.25) is 0 Å². The van der Waals surface area contributed by atoms with E-state index >= 15 is 0 Å². The van der Waals surface area contributed by atoms with Crippen molar-refractivity contribution in [3.63, 3.8) is 0 Å². The van der Waals surface area contributed by atoms with Gasteiger partial charge >= 0.3 is 0 Å². The lowest BCUT2D eigenvalue weighted by Gasteiger charge is -2.31. The lowest BCUT2D eigenvalue weighted by Crippen LogP contribution is -2.55. The van der Waals surface area contributed by atoms with Gasteiger partial charge in [0.25, 0.3) is 0 Å². The minimum Gasteiger partial charge on any atom is -0.288 e. The highest BCUT2D eigenvalue weighted by Gasteiger charge is 2.45. The zero-order chi connectivity index (χ0) is 40.7. The first-order valence-electron chi connectivity index (χ1n) is 21.1. The van der Waals surface area contributed by atoms with E-state index in [9.17, 15) is 19.2 Å². The van der Waals surface area contributed by atoms with E-state index in [-0.39, 0.29) is 34.3 Å². The van der Waals surface area contributed by atoms with Gasteiger partial charge in [-0.1, -0.05) is 150 Å². The fourth-order valence-electron chi connectivity index (χ4n) is 9.44. The third kappa shape index (κ3) is 7.03. The molecule has 2 aliphatic carbocycles. The van der Waals surface area contributed by atoms with Gasteiger partial charge in [-0.25, -0.2) is 0 Å². The van der Waals surface area contributed by atoms with E-state index in [0.29, 0.717) is 22.3 Å². The third-order valence-corrected chi connectivity index (χ3v) is 19.9. The molecule has 0 bridgehead atoms. The predicted octanol–water partition coefficient (Wildman–Crippen LogP) is 12.8. The van der Waals surface area contributed by atoms with Gasteiger partial charge in [0.15, 0.2) is 23.1 Å². The maximum atomic E-state index is 13.2. The number of fused-ring (bicyclic) bond motifs is 5. The van der Waals surface area contributed by atoms with Crippen molar-refractivity contribution in [2.24, 2.45) is 0 Å². The number of ketones is 4. The Morgan fingerprint density at radius 3 is 1.20 bits per heavy atom. The SMILES string of the molecule is CCCCCC[Si]1(CCCCCC)c2cc(-c3ccc(C=C4C(=O)c5ccccc5C4=O)s3)ccc2-c2ccc(-c3ccc(C=C4C(=O)c5ccccc5C4=O)s3)cc21. The standard InChI is InChI=1S/C52H46O4S2Si/c1-3-5-7-13-27-59(28-14-8-6-4-2)47-29-33(45-25-21-35(57-45)31-43-49(53)39-15-9-10-16-40(39)50(43)54)19-23-37(47)38-24-20-34(30-48(38)59)46-26-22-36(58-46)32-44-51(55)41-17-11-12-18-42(41)52(44)56/h9-12,15-26,29-32H,3-8,13-14,27-28H2,1-2H3. The summed E-state index contributed by atoms with van der Waals surface area (Å²) in [6, 6.07) is 39.1. The molecule has 3 heterocycles. The first-order valence-corrected chi connectivity index (χ1v) is 25.2. The first-order chi connectivity index (χ1) is 28.8. The Hall–Kier alpha value is -5.34. The van der Waals surface area contributed by atoms with Gasteiger partial charge in [0, 0.05) is 41.8 Å². The number of thiophene rings is 2. The normalized spacial score (nSPS) is 14.8. The molecule has 0 N–H and O–H groups in total. The van der Waals surface area contributed by atoms with Gasteiger partial charge in [-0.15, -0.1) is 22.7 Å². The van der Waals surface area contributed by atoms with E-state index in [1.807, 2.05) is 36.4 Å². The van der Waals surface area contributed by atoms with Crippen molar-refractivity contribution < 1.29 is 19.2 Å². The van der Waals surface area contributed by atoms with Crippen LogP contribution >= 0.6 is 22.7 Å². The van der Waals surface area contributed by atoms with Crippen LogP contribution in [0.5, 0.6) is 0 Å². The summed E-state index contributed by atoms with van der Waals surface area (Å²) in [4.78, 5) is 56.8. The van der Waals surface area contributed by atoms with E-state index in [1.165, 1.54) is 96.1 Å². The summed E-state index contributed by atoms with van der Waals surface area (Å²) in [6.07, 6.45) is 13.3. The molecule has 0 amide bonds. The Labute approximate surface area is 355 Å². The second-order valence-corrected chi connectivity index (χ2v) is 22.6. The van der Waals surface area contributed by atoms with Gasteiger partial charge in [0.1, 0.15) is 8.07 Å². The Morgan fingerprint density at radius 1 is 0.441 bits per heavy atom. The number of Topliss-reactive ketones (excluding diaryl/α,β-unsaturated/α-hetero) is 4. The van der Waals surface area contributed by atoms with Crippen LogP contribution in [0.2, 0.25) is 12.1 Å². The Balaban J connectivity index is 1.08. The highest BCUT2D eigenvalue weighted by molar-refractivity contribution is 7.17. The van der Waals surface area contributed by atoms with Crippen molar-refractivity contribution in [3.8, 4) is 32.0 Å². The van der Waals surface area contributed by atoms with Crippen molar-refractivity contribution in [2.45, 2.75) is 77.3 Å². The van der Waals surface area contributed by atoms with Gasteiger partial charge in [-0.05, 0) is 81.1 Å². The zero-order valence-corrected chi connectivity index (χ0v) is 36.2. The summed E-state index contributed by atoms with van der Waals surface area (Å²) >= 11 is 3.27. The first kappa shape index (κ1) is 39.1. The smallest absolute Gasteiger partial charge is 0.197 e. The van der Waals surface area contributed by atoms with Gasteiger partial charge in [-0.3, -0.25) is 19.2 Å². The number of unbranched alkanes of at least 4 members (excludes halogenated alkanes) is 6. The van der Waals surface area contributed by atoms with Crippen LogP contribution in [-0.2, 0) is 0 Å². The van der Waals surface area contributed by atoms with E-state index in [2.05, 4.69) is 62.4 Å². The van der Waals surface area contributed by atoms with Gasteiger partial charge in [0.05, 0.1) is 11.1 Å². The molecule has 0 radical (unpaired) electrons. The van der Waals surface area contributed by atoms with E-state index < -0.39 is 8.07 Å². The molecular weight excluding hydrogens is 781 g/mol. The van der Waals surface area contributed by atoms with Crippen molar-refractivity contribution >= 4 is 76.4 Å². The topological polar surface area (TPSA) is 68.3 Å². The van der Waals surface area contributed by atoms with Crippen molar-refractivity contribution in [1.82, 2.24) is 0 Å². The molecular formula is C52H46O4S2Si. The van der Waals surface area contributed by atoms with Crippen LogP contribution in [0, 0.1) is 0 Å². The Morgan fingerprint density at radius 2 is 0.831 bits per heavy atom. The molecule has 4 nitrogen and oxygen atoms in total. The van der Waals surface area contributed by atoms with Crippen molar-refractivity contribution in [3.05, 3.63) is 152 Å². The summed E-state index contributed by atoms with van der Waals surface area (Å²) in [5, 5.41) is 3.07. The molecule has 0 atom stereocenters. The zero-order valence-electron chi connectivity index (χ0n) is 33.6. The number of carbonyl (C=O) groups is 4. The number of hydrogen-bond donors (Lipinski definition) is 0. The second kappa shape index (κ2) is 16.4. The molecule has 294 valence electrons. The van der Waals surface area contributed by atoms with Crippen molar-refractivity contribution in [1.29, 1.82) is 0 Å². The third-order valence-electron chi connectivity index (χ3n) is 12.5. The summed E-state index contributed by atoms with van der Waals surface area (Å²) in [6.45, 7) is 4.56. The van der Waals surface area contributed by atoms with Crippen LogP contribution in [0.1, 0.15) is 116 Å². The maximum absolute atomic E-state index is 13.2. The van der Waals surface area contributed by atoms with Crippen LogP contribution in [0.4, 0.5) is 0 Å². The average Bonchev–Trinajstić information content (AvgIpc) is 4.08. The Kier molecular flexibility index (Phi) is 10.9. The lowest BCUT2D eigenvalue weighted by molar-refractivity contribution is 0.0975. The van der Waals surface area contributed by atoms with E-state index in [1.54, 1.807) is 59.1 Å². The molecule has 1 aliphatic heterocycles. The minimum absolute atomic E-state index is 0.196. The van der Waals surface area contributed by atoms with Crippen LogP contribution < -0.4 is 10.4 Å². The molecule has 0 saturated carbocycles. The molecule has 7 heteroatoms. The molecule has 6 aromatic rings. The molecule has 9 rings (SSSR count). The molecule has 0 spiro atoms. The number of carbonyl (C=O) groups excluding carboxylic acids is 4. The summed E-state index contributed by atoms with van der Waals surface area (Å²) in [7, 11) is -2.25. The monoisotopic (exact) mass is 826 g/mol. The molecule has 4 aromatic carbocycles. The Bertz CT molecular complexity index is 2480. The number of hydrogen-bond acceptors (Lipinski definition) is 6. The summed E-state index contributed by atoms with van der Waals surface area (Å²) in [5.41, 5.74) is 7.53. The van der Waals surface area contributed by atoms with Crippen LogP contribution in [0.25, 0.3) is 44.2 Å². The number of rotatable bonds is 14. The van der Waals surface area contributed by atoms with E-state index in [0.717, 1.165) is 19.5 Å². The molecule has 2 aromatic heterocycles. The van der Waals surface area contributed by atoms with Gasteiger partial charge in [-0.2, -0.15) is 0 Å². The lowest BCUT2D eigenvalue weighted by atomic mass is 10.0. The highest BCUT2D eigenvalue weighted by atomic mass is 32.1. The highest BCUT2D eigenvalue weighted by Crippen LogP contribution is 2.41. The van der Waals surface area contributed by atoms with Crippen LogP contribution in [-0.4, -0.2) is 31.2 Å². The van der Waals surface area contributed by atoms with Gasteiger partial charge < -0.3 is 0 Å². The molecule has 0 saturated heterocycles. The largest absolute Gasteiger partial charge is 0.288 e. The predicted molar refractivity (Wildman–Crippen MR) is 248 cm³/mol. The average molecular weight is 827 g/mol. The molecule has 3 aliphatic rings. The second-order valence-electron chi connectivity index (χ2n) is 16.2. The van der Waals surface area contributed by atoms with Crippen LogP contribution in [0.15, 0.2) is 120 Å². The number of allylic oxidation sites excluding steroid dienone is 2. The molecule has 0 fully saturated rings. The summed E-state index contributed by atoms with van der Waals surface area (Å²) < 4.78 is 0. The maximum Gasteiger partial charge on any atom is 0.197 e. The summed E-state index contributed by atoms with van der Waals surface area (Å²) in [5.74, 6) is -0.785.